The van der Waals surface area contributed by atoms with Crippen molar-refractivity contribution in [2.75, 3.05) is 5.32 Å². The van der Waals surface area contributed by atoms with E-state index in [1.807, 2.05) is 13.8 Å². The van der Waals surface area contributed by atoms with E-state index in [1.54, 1.807) is 12.1 Å². The van der Waals surface area contributed by atoms with E-state index in [1.165, 1.54) is 12.1 Å². The number of nitrogens with one attached hydrogen (secondary N) is 3. The van der Waals surface area contributed by atoms with Crippen LogP contribution in [0.15, 0.2) is 45.1 Å². The quantitative estimate of drug-likeness (QED) is 0.626. The van der Waals surface area contributed by atoms with Crippen molar-refractivity contribution in [1.29, 1.82) is 0 Å². The largest absolute Gasteiger partial charge is 0.508 e. The summed E-state index contributed by atoms with van der Waals surface area (Å²) in [5.74, 6) is -0.186. The summed E-state index contributed by atoms with van der Waals surface area (Å²) in [6.07, 6.45) is 1.02. The average Bonchev–Trinajstić information content (AvgIpc) is 2.52. The Labute approximate surface area is 148 Å². The first kappa shape index (κ1) is 16.4. The highest BCUT2D eigenvalue weighted by atomic mass is 16.3. The Balaban J connectivity index is 2.00. The summed E-state index contributed by atoms with van der Waals surface area (Å²) in [7, 11) is 0. The molecule has 0 amide bonds. The molecule has 2 heterocycles. The zero-order chi connectivity index (χ0) is 18.6. The molecule has 0 unspecified atom stereocenters. The molecule has 0 fully saturated rings. The molecule has 0 saturated carbocycles. The van der Waals surface area contributed by atoms with Crippen LogP contribution in [0.4, 0.5) is 5.82 Å². The van der Waals surface area contributed by atoms with Crippen LogP contribution in [0, 0.1) is 5.41 Å². The molecule has 1 aromatic carbocycles. The van der Waals surface area contributed by atoms with Gasteiger partial charge in [0.05, 0.1) is 5.56 Å². The monoisotopic (exact) mass is 353 g/mol. The van der Waals surface area contributed by atoms with Crippen molar-refractivity contribution in [3.05, 3.63) is 67.5 Å². The Morgan fingerprint density at radius 2 is 1.73 bits per heavy atom. The molecule has 134 valence electrons. The number of carbonyl (C=O) groups excluding carboxylic acids is 1. The highest BCUT2D eigenvalue weighted by Gasteiger charge is 2.42. The molecule has 7 heteroatoms. The molecule has 1 aromatic heterocycles. The lowest BCUT2D eigenvalue weighted by molar-refractivity contribution is -0.118. The van der Waals surface area contributed by atoms with Crippen LogP contribution >= 0.6 is 0 Å². The van der Waals surface area contributed by atoms with Gasteiger partial charge >= 0.3 is 5.69 Å². The van der Waals surface area contributed by atoms with Crippen LogP contribution in [0.2, 0.25) is 0 Å². The van der Waals surface area contributed by atoms with Crippen LogP contribution in [0.5, 0.6) is 5.75 Å². The van der Waals surface area contributed by atoms with Crippen LogP contribution in [0.3, 0.4) is 0 Å². The molecule has 1 aliphatic carbocycles. The number of aromatic hydroxyl groups is 1. The number of aromatic amines is 2. The molecular formula is C19H19N3O4. The number of phenols is 1. The van der Waals surface area contributed by atoms with E-state index in [2.05, 4.69) is 15.3 Å². The third kappa shape index (κ3) is 2.56. The first-order valence-corrected chi connectivity index (χ1v) is 8.44. The molecule has 4 rings (SSSR count). The predicted molar refractivity (Wildman–Crippen MR) is 96.3 cm³/mol. The van der Waals surface area contributed by atoms with Crippen molar-refractivity contribution in [2.24, 2.45) is 5.41 Å². The smallest absolute Gasteiger partial charge is 0.327 e. The van der Waals surface area contributed by atoms with E-state index in [9.17, 15) is 19.5 Å². The van der Waals surface area contributed by atoms with E-state index in [4.69, 9.17) is 0 Å². The zero-order valence-corrected chi connectivity index (χ0v) is 14.5. The van der Waals surface area contributed by atoms with Crippen molar-refractivity contribution in [3.8, 4) is 5.75 Å². The van der Waals surface area contributed by atoms with Crippen molar-refractivity contribution < 1.29 is 9.90 Å². The SMILES string of the molecule is CC1(C)CC(=O)C2=C(C1)Nc1[nH]c(=O)[nH]c(=O)c1[C@@H]2c1ccc(O)cc1. The van der Waals surface area contributed by atoms with E-state index in [0.29, 0.717) is 35.4 Å². The number of allylic oxidation sites excluding steroid dienone is 2. The number of phenolic OH excluding ortho intramolecular Hbond substituents is 1. The number of hydrogen-bond donors (Lipinski definition) is 4. The Bertz CT molecular complexity index is 1060. The van der Waals surface area contributed by atoms with Crippen LogP contribution in [-0.4, -0.2) is 20.9 Å². The number of benzene rings is 1. The molecule has 1 atom stereocenters. The summed E-state index contributed by atoms with van der Waals surface area (Å²) >= 11 is 0. The van der Waals surface area contributed by atoms with Crippen LogP contribution in [-0.2, 0) is 4.79 Å². The van der Waals surface area contributed by atoms with Gasteiger partial charge in [-0.15, -0.1) is 0 Å². The van der Waals surface area contributed by atoms with Gasteiger partial charge < -0.3 is 10.4 Å². The number of fused-ring (bicyclic) bond motifs is 1. The maximum absolute atomic E-state index is 13.0. The van der Waals surface area contributed by atoms with Crippen molar-refractivity contribution in [2.45, 2.75) is 32.6 Å². The molecule has 7 nitrogen and oxygen atoms in total. The average molecular weight is 353 g/mol. The second kappa shape index (κ2) is 5.45. The van der Waals surface area contributed by atoms with Gasteiger partial charge in [0.2, 0.25) is 0 Å². The van der Waals surface area contributed by atoms with Crippen LogP contribution < -0.4 is 16.6 Å². The molecule has 4 N–H and O–H groups in total. The van der Waals surface area contributed by atoms with Gasteiger partial charge in [-0.2, -0.15) is 0 Å². The van der Waals surface area contributed by atoms with Gasteiger partial charge in [0.1, 0.15) is 11.6 Å². The number of aromatic nitrogens is 2. The minimum Gasteiger partial charge on any atom is -0.508 e. The number of ketones is 1. The van der Waals surface area contributed by atoms with Crippen molar-refractivity contribution >= 4 is 11.6 Å². The molecule has 0 saturated heterocycles. The van der Waals surface area contributed by atoms with Gasteiger partial charge in [0, 0.05) is 23.6 Å². The summed E-state index contributed by atoms with van der Waals surface area (Å²) in [5.41, 5.74) is 0.972. The topological polar surface area (TPSA) is 115 Å². The molecule has 0 spiro atoms. The van der Waals surface area contributed by atoms with E-state index in [-0.39, 0.29) is 16.9 Å². The summed E-state index contributed by atoms with van der Waals surface area (Å²) < 4.78 is 0. The Hall–Kier alpha value is -3.09. The van der Waals surface area contributed by atoms with Crippen LogP contribution in [0.1, 0.15) is 43.7 Å². The minimum absolute atomic E-state index is 0.0157. The van der Waals surface area contributed by atoms with Gasteiger partial charge in [-0.1, -0.05) is 26.0 Å². The lowest BCUT2D eigenvalue weighted by atomic mass is 9.69. The summed E-state index contributed by atoms with van der Waals surface area (Å²) in [6.45, 7) is 4.03. The number of anilines is 1. The number of hydrogen-bond acceptors (Lipinski definition) is 5. The predicted octanol–water partition coefficient (Wildman–Crippen LogP) is 1.97. The maximum atomic E-state index is 13.0. The lowest BCUT2D eigenvalue weighted by Gasteiger charge is -2.38. The number of H-pyrrole nitrogens is 2. The third-order valence-corrected chi connectivity index (χ3v) is 4.98. The second-order valence-corrected chi connectivity index (χ2v) is 7.68. The van der Waals surface area contributed by atoms with Gasteiger partial charge in [-0.3, -0.25) is 19.6 Å². The van der Waals surface area contributed by atoms with E-state index >= 15 is 0 Å². The standard InChI is InChI=1S/C19H19N3O4/c1-19(2)7-11-14(12(24)8-19)13(9-3-5-10(23)6-4-9)15-16(20-11)21-18(26)22-17(15)25/h3-6,13,23H,7-8H2,1-2H3,(H3,20,21,22,25,26)/t13-/m1/s1. The molecule has 26 heavy (non-hydrogen) atoms. The fourth-order valence-electron chi connectivity index (χ4n) is 3.95. The third-order valence-electron chi connectivity index (χ3n) is 4.98. The number of Topliss-reactive ketones (excluding diaryl/α,β-unsaturated/α-hetero) is 1. The van der Waals surface area contributed by atoms with E-state index in [0.717, 1.165) is 5.70 Å². The maximum Gasteiger partial charge on any atom is 0.327 e. The zero-order valence-electron chi connectivity index (χ0n) is 14.5. The summed E-state index contributed by atoms with van der Waals surface area (Å²) in [6, 6.07) is 6.43. The Morgan fingerprint density at radius 1 is 1.04 bits per heavy atom. The van der Waals surface area contributed by atoms with E-state index < -0.39 is 17.2 Å². The molecule has 2 aromatic rings. The summed E-state index contributed by atoms with van der Waals surface area (Å²) in [4.78, 5) is 42.1. The van der Waals surface area contributed by atoms with Crippen molar-refractivity contribution in [3.63, 3.8) is 0 Å². The highest BCUT2D eigenvalue weighted by molar-refractivity contribution is 6.01. The lowest BCUT2D eigenvalue weighted by Crippen LogP contribution is -2.38. The normalized spacial score (nSPS) is 21.0. The molecular weight excluding hydrogens is 334 g/mol. The molecule has 0 radical (unpaired) electrons. The molecule has 0 bridgehead atoms. The number of rotatable bonds is 1. The minimum atomic E-state index is -0.601. The fraction of sp³-hybridized carbons (Fsp3) is 0.316. The highest BCUT2D eigenvalue weighted by Crippen LogP contribution is 2.47. The van der Waals surface area contributed by atoms with Gasteiger partial charge in [-0.05, 0) is 29.5 Å². The van der Waals surface area contributed by atoms with Gasteiger partial charge in [-0.25, -0.2) is 4.79 Å². The first-order chi connectivity index (χ1) is 12.2. The van der Waals surface area contributed by atoms with Gasteiger partial charge in [0.15, 0.2) is 5.78 Å². The first-order valence-electron chi connectivity index (χ1n) is 8.44. The number of carbonyl (C=O) groups is 1. The van der Waals surface area contributed by atoms with Gasteiger partial charge in [0.25, 0.3) is 5.56 Å². The summed E-state index contributed by atoms with van der Waals surface area (Å²) in [5, 5.41) is 12.7. The Morgan fingerprint density at radius 3 is 2.42 bits per heavy atom. The van der Waals surface area contributed by atoms with Crippen molar-refractivity contribution in [1.82, 2.24) is 9.97 Å². The molecule has 2 aliphatic rings. The molecule has 1 aliphatic heterocycles. The fourth-order valence-corrected chi connectivity index (χ4v) is 3.95. The van der Waals surface area contributed by atoms with Crippen LogP contribution in [0.25, 0.3) is 0 Å². The second-order valence-electron chi connectivity index (χ2n) is 7.68. The Kier molecular flexibility index (Phi) is 3.44.